The van der Waals surface area contributed by atoms with Gasteiger partial charge in [0.05, 0.1) is 27.8 Å². The van der Waals surface area contributed by atoms with Gasteiger partial charge in [-0.25, -0.2) is 14.8 Å². The zero-order chi connectivity index (χ0) is 27.7. The van der Waals surface area contributed by atoms with E-state index in [1.54, 1.807) is 41.9 Å². The third-order valence-corrected chi connectivity index (χ3v) is 7.80. The highest BCUT2D eigenvalue weighted by Gasteiger charge is 2.28. The zero-order valence-corrected chi connectivity index (χ0v) is 23.5. The number of aliphatic imine (C=N–C) groups is 3. The molecule has 0 atom stereocenters. The molecular formula is C30H23N5O2S3. The third-order valence-electron chi connectivity index (χ3n) is 6.10. The molecule has 0 heterocycles. The number of hydrogen-bond donors (Lipinski definition) is 2. The van der Waals surface area contributed by atoms with Crippen LogP contribution in [0.15, 0.2) is 112 Å². The van der Waals surface area contributed by atoms with Gasteiger partial charge in [0.2, 0.25) is 0 Å². The first-order valence-electron chi connectivity index (χ1n) is 12.2. The zero-order valence-electron chi connectivity index (χ0n) is 21.1. The Balaban J connectivity index is 1.09. The van der Waals surface area contributed by atoms with Crippen LogP contribution in [0.4, 0.5) is 27.5 Å². The number of ether oxygens (including phenoxy) is 1. The Kier molecular flexibility index (Phi) is 9.05. The summed E-state index contributed by atoms with van der Waals surface area (Å²) in [6, 6.07) is 30.8. The molecule has 0 aromatic heterocycles. The molecule has 0 saturated heterocycles. The van der Waals surface area contributed by atoms with Crippen molar-refractivity contribution in [2.75, 3.05) is 11.9 Å². The van der Waals surface area contributed by atoms with Crippen molar-refractivity contribution in [2.45, 2.75) is 5.92 Å². The second-order valence-corrected chi connectivity index (χ2v) is 10.8. The van der Waals surface area contributed by atoms with Gasteiger partial charge < -0.3 is 10.5 Å². The highest BCUT2D eigenvalue weighted by atomic mass is 33.1. The van der Waals surface area contributed by atoms with Crippen molar-refractivity contribution in [3.8, 4) is 11.1 Å². The number of thiocarbonyl (C=S) groups is 1. The lowest BCUT2D eigenvalue weighted by Gasteiger charge is -2.14. The molecule has 198 valence electrons. The second-order valence-electron chi connectivity index (χ2n) is 8.58. The van der Waals surface area contributed by atoms with Crippen LogP contribution in [0.2, 0.25) is 0 Å². The van der Waals surface area contributed by atoms with Crippen molar-refractivity contribution in [3.05, 3.63) is 108 Å². The molecule has 7 nitrogen and oxygen atoms in total. The van der Waals surface area contributed by atoms with Gasteiger partial charge in [0.15, 0.2) is 5.17 Å². The molecule has 0 fully saturated rings. The number of anilines is 1. The fourth-order valence-electron chi connectivity index (χ4n) is 4.34. The number of carbonyl (C=O) groups is 1. The second kappa shape index (κ2) is 13.2. The van der Waals surface area contributed by atoms with E-state index in [0.717, 1.165) is 5.69 Å². The van der Waals surface area contributed by atoms with Crippen LogP contribution in [0.25, 0.3) is 11.1 Å². The fourth-order valence-corrected chi connectivity index (χ4v) is 5.56. The largest absolute Gasteiger partial charge is 0.448 e. The molecule has 0 bridgehead atoms. The van der Waals surface area contributed by atoms with E-state index in [-0.39, 0.29) is 12.5 Å². The third kappa shape index (κ3) is 6.86. The van der Waals surface area contributed by atoms with Crippen molar-refractivity contribution in [1.82, 2.24) is 0 Å². The number of nitrogens with two attached hydrogens (primary N) is 1. The number of rotatable bonds is 8. The minimum Gasteiger partial charge on any atom is -0.448 e. The summed E-state index contributed by atoms with van der Waals surface area (Å²) in [7, 11) is 2.64. The molecule has 3 N–H and O–H groups in total. The standard InChI is InChI=1S/C30H23N5O2S3/c31-29(34-22-13-9-20(10-14-22)32-18-38)40-39-19-33-21-11-15-23(16-12-21)35-30(36)37-17-28-26-7-3-1-5-24(26)25-6-2-4-8-27(25)28/h1-16,19,28H,17H2,(H2,31,34)(H,35,36). The van der Waals surface area contributed by atoms with Crippen molar-refractivity contribution in [2.24, 2.45) is 20.7 Å². The van der Waals surface area contributed by atoms with Gasteiger partial charge in [-0.05, 0) is 105 Å². The van der Waals surface area contributed by atoms with E-state index >= 15 is 0 Å². The van der Waals surface area contributed by atoms with E-state index in [1.165, 1.54) is 43.8 Å². The SMILES string of the molecule is NC(=Nc1ccc(N=C=S)cc1)SSC=Nc1ccc(NC(=O)OCC2c3ccccc3-c3ccccc32)cc1. The van der Waals surface area contributed by atoms with Gasteiger partial charge >= 0.3 is 6.09 Å². The molecule has 4 aromatic carbocycles. The number of nitrogens with zero attached hydrogens (tertiary/aromatic N) is 3. The van der Waals surface area contributed by atoms with Crippen LogP contribution in [0, 0.1) is 0 Å². The Labute approximate surface area is 245 Å². The van der Waals surface area contributed by atoms with E-state index in [0.29, 0.717) is 22.2 Å². The molecule has 0 spiro atoms. The summed E-state index contributed by atoms with van der Waals surface area (Å²) < 4.78 is 5.61. The Morgan fingerprint density at radius 3 is 2.15 bits per heavy atom. The average Bonchev–Trinajstić information content (AvgIpc) is 3.30. The fraction of sp³-hybridized carbons (Fsp3) is 0.0667. The molecule has 1 aliphatic rings. The van der Waals surface area contributed by atoms with E-state index < -0.39 is 6.09 Å². The first-order valence-corrected chi connectivity index (χ1v) is 14.8. The molecule has 0 aliphatic heterocycles. The van der Waals surface area contributed by atoms with E-state index in [2.05, 4.69) is 61.9 Å². The Hall–Kier alpha value is -4.21. The maximum absolute atomic E-state index is 12.5. The van der Waals surface area contributed by atoms with Crippen LogP contribution in [-0.4, -0.2) is 28.6 Å². The highest BCUT2D eigenvalue weighted by Crippen LogP contribution is 2.44. The van der Waals surface area contributed by atoms with Gasteiger partial charge in [-0.15, -0.1) is 0 Å². The summed E-state index contributed by atoms with van der Waals surface area (Å²) in [6.45, 7) is 0.261. The van der Waals surface area contributed by atoms with Crippen molar-refractivity contribution >= 4 is 78.5 Å². The van der Waals surface area contributed by atoms with E-state index in [1.807, 2.05) is 36.4 Å². The summed E-state index contributed by atoms with van der Waals surface area (Å²) >= 11 is 4.60. The van der Waals surface area contributed by atoms with Crippen LogP contribution >= 0.6 is 33.8 Å². The highest BCUT2D eigenvalue weighted by molar-refractivity contribution is 8.86. The predicted octanol–water partition coefficient (Wildman–Crippen LogP) is 8.47. The number of nitrogens with one attached hydrogen (secondary N) is 1. The molecule has 10 heteroatoms. The number of amidine groups is 1. The number of hydrogen-bond acceptors (Lipinski definition) is 8. The van der Waals surface area contributed by atoms with Gasteiger partial charge in [-0.1, -0.05) is 48.5 Å². The number of fused-ring (bicyclic) bond motifs is 3. The molecule has 4 aromatic rings. The number of benzene rings is 4. The number of isothiocyanates is 1. The Morgan fingerprint density at radius 2 is 1.50 bits per heavy atom. The molecule has 0 radical (unpaired) electrons. The lowest BCUT2D eigenvalue weighted by Crippen LogP contribution is -2.17. The maximum Gasteiger partial charge on any atom is 0.411 e. The minimum atomic E-state index is -0.499. The molecule has 0 unspecified atom stereocenters. The molecule has 0 saturated carbocycles. The van der Waals surface area contributed by atoms with Crippen molar-refractivity contribution < 1.29 is 9.53 Å². The maximum atomic E-state index is 12.5. The predicted molar refractivity (Wildman–Crippen MR) is 171 cm³/mol. The van der Waals surface area contributed by atoms with Gasteiger partial charge in [0, 0.05) is 11.6 Å². The van der Waals surface area contributed by atoms with Crippen LogP contribution in [-0.2, 0) is 4.74 Å². The van der Waals surface area contributed by atoms with Crippen LogP contribution < -0.4 is 11.1 Å². The summed E-state index contributed by atoms with van der Waals surface area (Å²) in [5.74, 6) is 0.0143. The molecule has 1 amide bonds. The normalized spacial score (nSPS) is 12.4. The monoisotopic (exact) mass is 581 g/mol. The summed E-state index contributed by atoms with van der Waals surface area (Å²) in [6.07, 6.45) is -0.499. The first kappa shape index (κ1) is 27.4. The minimum absolute atomic E-state index is 0.0143. The molecule has 5 rings (SSSR count). The molecular weight excluding hydrogens is 559 g/mol. The number of amides is 1. The molecule has 1 aliphatic carbocycles. The molecule has 40 heavy (non-hydrogen) atoms. The quantitative estimate of drug-likeness (QED) is 0.0937. The van der Waals surface area contributed by atoms with Crippen LogP contribution in [0.1, 0.15) is 17.0 Å². The van der Waals surface area contributed by atoms with Crippen molar-refractivity contribution in [3.63, 3.8) is 0 Å². The number of carbonyl (C=O) groups excluding carboxylic acids is 1. The topological polar surface area (TPSA) is 101 Å². The Bertz CT molecular complexity index is 1570. The average molecular weight is 582 g/mol. The van der Waals surface area contributed by atoms with Crippen molar-refractivity contribution in [1.29, 1.82) is 0 Å². The lowest BCUT2D eigenvalue weighted by atomic mass is 9.98. The summed E-state index contributed by atoms with van der Waals surface area (Å²) in [5.41, 5.74) is 15.2. The van der Waals surface area contributed by atoms with Gasteiger partial charge in [0.1, 0.15) is 6.61 Å². The van der Waals surface area contributed by atoms with E-state index in [4.69, 9.17) is 10.5 Å². The lowest BCUT2D eigenvalue weighted by molar-refractivity contribution is 0.158. The summed E-state index contributed by atoms with van der Waals surface area (Å²) in [4.78, 5) is 25.2. The van der Waals surface area contributed by atoms with E-state index in [9.17, 15) is 4.79 Å². The van der Waals surface area contributed by atoms with Crippen LogP contribution in [0.3, 0.4) is 0 Å². The van der Waals surface area contributed by atoms with Gasteiger partial charge in [-0.2, -0.15) is 4.99 Å². The van der Waals surface area contributed by atoms with Gasteiger partial charge in [0.25, 0.3) is 0 Å². The summed E-state index contributed by atoms with van der Waals surface area (Å²) in [5, 5.41) is 5.51. The first-order chi connectivity index (χ1) is 19.6. The van der Waals surface area contributed by atoms with Gasteiger partial charge in [-0.3, -0.25) is 5.32 Å². The Morgan fingerprint density at radius 1 is 0.900 bits per heavy atom. The van der Waals surface area contributed by atoms with Crippen LogP contribution in [0.5, 0.6) is 0 Å². The smallest absolute Gasteiger partial charge is 0.411 e.